The fourth-order valence-electron chi connectivity index (χ4n) is 1.54. The normalized spacial score (nSPS) is 9.52. The molecule has 0 bridgehead atoms. The summed E-state index contributed by atoms with van der Waals surface area (Å²) < 4.78 is 0. The first-order chi connectivity index (χ1) is 9.99. The number of pyridine rings is 1. The van der Waals surface area contributed by atoms with E-state index in [1.165, 1.54) is 16.0 Å². The van der Waals surface area contributed by atoms with Crippen LogP contribution in [0.5, 0.6) is 0 Å². The highest BCUT2D eigenvalue weighted by Crippen LogP contribution is 2.04. The molecule has 0 aliphatic rings. The van der Waals surface area contributed by atoms with Gasteiger partial charge in [-0.25, -0.2) is 4.98 Å². The van der Waals surface area contributed by atoms with Crippen molar-refractivity contribution >= 4 is 11.8 Å². The van der Waals surface area contributed by atoms with Crippen LogP contribution < -0.4 is 5.73 Å². The predicted octanol–water partition coefficient (Wildman–Crippen LogP) is -0.0579. The maximum atomic E-state index is 12.3. The topological polar surface area (TPSA) is 79.5 Å². The fraction of sp³-hybridized carbons (Fsp3) is 0.400. The molecule has 0 unspecified atom stereocenters. The summed E-state index contributed by atoms with van der Waals surface area (Å²) in [5, 5.41) is 0. The van der Waals surface area contributed by atoms with Crippen molar-refractivity contribution in [2.45, 2.75) is 6.92 Å². The lowest BCUT2D eigenvalue weighted by atomic mass is 10.2. The van der Waals surface area contributed by atoms with Crippen LogP contribution in [0.1, 0.15) is 23.0 Å². The lowest BCUT2D eigenvalue weighted by Crippen LogP contribution is -2.40. The van der Waals surface area contributed by atoms with Crippen molar-refractivity contribution in [2.24, 2.45) is 5.73 Å². The average Bonchev–Trinajstić information content (AvgIpc) is 2.50. The van der Waals surface area contributed by atoms with Gasteiger partial charge in [-0.3, -0.25) is 9.59 Å². The third-order valence-electron chi connectivity index (χ3n) is 2.81. The SMILES string of the molecule is CCN(CC(=O)N(C)C)C(=O)c1ccc(C#CCN)cn1. The molecular formula is C15H20N4O2. The van der Waals surface area contributed by atoms with E-state index in [2.05, 4.69) is 16.8 Å². The molecule has 0 radical (unpaired) electrons. The standard InChI is InChI=1S/C15H20N4O2/c1-4-19(11-14(20)18(2)3)15(21)13-8-7-12(10-17-13)6-5-9-16/h7-8,10H,4,9,11,16H2,1-3H3. The largest absolute Gasteiger partial charge is 0.347 e. The number of carbonyl (C=O) groups excluding carboxylic acids is 2. The smallest absolute Gasteiger partial charge is 0.272 e. The molecule has 0 spiro atoms. The molecule has 0 saturated carbocycles. The molecule has 21 heavy (non-hydrogen) atoms. The second kappa shape index (κ2) is 8.02. The Kier molecular flexibility index (Phi) is 6.37. The van der Waals surface area contributed by atoms with Gasteiger partial charge in [0.15, 0.2) is 0 Å². The van der Waals surface area contributed by atoms with E-state index in [-0.39, 0.29) is 24.9 Å². The minimum absolute atomic E-state index is 0.0404. The summed E-state index contributed by atoms with van der Waals surface area (Å²) in [4.78, 5) is 31.0. The van der Waals surface area contributed by atoms with E-state index in [1.807, 2.05) is 6.92 Å². The number of amides is 2. The van der Waals surface area contributed by atoms with Gasteiger partial charge < -0.3 is 15.5 Å². The first-order valence-electron chi connectivity index (χ1n) is 6.64. The molecule has 6 heteroatoms. The lowest BCUT2D eigenvalue weighted by molar-refractivity contribution is -0.129. The molecule has 0 aliphatic heterocycles. The van der Waals surface area contributed by atoms with Crippen molar-refractivity contribution in [3.63, 3.8) is 0 Å². The van der Waals surface area contributed by atoms with Gasteiger partial charge in [-0.05, 0) is 19.1 Å². The zero-order chi connectivity index (χ0) is 15.8. The van der Waals surface area contributed by atoms with E-state index in [0.717, 1.165) is 0 Å². The zero-order valence-corrected chi connectivity index (χ0v) is 12.6. The maximum Gasteiger partial charge on any atom is 0.272 e. The Labute approximate surface area is 124 Å². The molecule has 0 aromatic carbocycles. The van der Waals surface area contributed by atoms with E-state index < -0.39 is 0 Å². The van der Waals surface area contributed by atoms with Gasteiger partial charge in [-0.2, -0.15) is 0 Å². The van der Waals surface area contributed by atoms with Crippen LogP contribution >= 0.6 is 0 Å². The summed E-state index contributed by atoms with van der Waals surface area (Å²) in [5.41, 5.74) is 6.28. The van der Waals surface area contributed by atoms with Gasteiger partial charge in [-0.15, -0.1) is 0 Å². The molecule has 112 valence electrons. The van der Waals surface area contributed by atoms with Crippen molar-refractivity contribution in [3.05, 3.63) is 29.6 Å². The number of likely N-dealkylation sites (N-methyl/N-ethyl adjacent to an activating group) is 2. The minimum atomic E-state index is -0.272. The van der Waals surface area contributed by atoms with Gasteiger partial charge in [0.25, 0.3) is 5.91 Å². The molecule has 1 aromatic rings. The third-order valence-corrected chi connectivity index (χ3v) is 2.81. The number of nitrogens with two attached hydrogens (primary N) is 1. The summed E-state index contributed by atoms with van der Waals surface area (Å²) in [6, 6.07) is 3.32. The van der Waals surface area contributed by atoms with Gasteiger partial charge in [0.1, 0.15) is 12.2 Å². The molecule has 1 rings (SSSR count). The molecule has 0 saturated heterocycles. The second-order valence-corrected chi connectivity index (χ2v) is 4.55. The summed E-state index contributed by atoms with van der Waals surface area (Å²) in [7, 11) is 3.31. The number of carbonyl (C=O) groups is 2. The van der Waals surface area contributed by atoms with Crippen LogP contribution in [0.2, 0.25) is 0 Å². The Balaban J connectivity index is 2.83. The summed E-state index contributed by atoms with van der Waals surface area (Å²) in [6.45, 7) is 2.58. The summed E-state index contributed by atoms with van der Waals surface area (Å²) in [5.74, 6) is 5.15. The third kappa shape index (κ3) is 4.89. The molecule has 6 nitrogen and oxygen atoms in total. The van der Waals surface area contributed by atoms with Crippen LogP contribution in [0.4, 0.5) is 0 Å². The number of hydrogen-bond donors (Lipinski definition) is 1. The number of nitrogens with zero attached hydrogens (tertiary/aromatic N) is 3. The van der Waals surface area contributed by atoms with E-state index >= 15 is 0 Å². The van der Waals surface area contributed by atoms with E-state index in [0.29, 0.717) is 17.8 Å². The molecule has 0 atom stereocenters. The van der Waals surface area contributed by atoms with E-state index in [9.17, 15) is 9.59 Å². The summed E-state index contributed by atoms with van der Waals surface area (Å²) in [6.07, 6.45) is 1.53. The molecule has 1 aromatic heterocycles. The fourth-order valence-corrected chi connectivity index (χ4v) is 1.54. The van der Waals surface area contributed by atoms with E-state index in [1.54, 1.807) is 26.2 Å². The monoisotopic (exact) mass is 288 g/mol. The average molecular weight is 288 g/mol. The molecule has 2 amide bonds. The number of aromatic nitrogens is 1. The predicted molar refractivity (Wildman–Crippen MR) is 80.4 cm³/mol. The Morgan fingerprint density at radius 2 is 2.05 bits per heavy atom. The van der Waals surface area contributed by atoms with Gasteiger partial charge in [-0.1, -0.05) is 11.8 Å². The first-order valence-corrected chi connectivity index (χ1v) is 6.64. The number of rotatable bonds is 4. The Bertz CT molecular complexity index is 555. The minimum Gasteiger partial charge on any atom is -0.347 e. The van der Waals surface area contributed by atoms with Crippen molar-refractivity contribution < 1.29 is 9.59 Å². The Hall–Kier alpha value is -2.39. The van der Waals surface area contributed by atoms with Crippen LogP contribution in [0, 0.1) is 11.8 Å². The van der Waals surface area contributed by atoms with Crippen molar-refractivity contribution in [3.8, 4) is 11.8 Å². The van der Waals surface area contributed by atoms with Gasteiger partial charge in [0.05, 0.1) is 6.54 Å². The number of hydrogen-bond acceptors (Lipinski definition) is 4. The molecular weight excluding hydrogens is 268 g/mol. The molecule has 0 fully saturated rings. The van der Waals surface area contributed by atoms with Gasteiger partial charge in [0.2, 0.25) is 5.91 Å². The lowest BCUT2D eigenvalue weighted by Gasteiger charge is -2.21. The molecule has 0 aliphatic carbocycles. The highest BCUT2D eigenvalue weighted by atomic mass is 16.2. The Morgan fingerprint density at radius 3 is 2.52 bits per heavy atom. The van der Waals surface area contributed by atoms with Crippen molar-refractivity contribution in [1.82, 2.24) is 14.8 Å². The highest BCUT2D eigenvalue weighted by molar-refractivity contribution is 5.94. The van der Waals surface area contributed by atoms with Crippen LogP contribution in [0.25, 0.3) is 0 Å². The summed E-state index contributed by atoms with van der Waals surface area (Å²) >= 11 is 0. The van der Waals surface area contributed by atoms with Crippen LogP contribution in [-0.4, -0.2) is 60.3 Å². The van der Waals surface area contributed by atoms with Gasteiger partial charge >= 0.3 is 0 Å². The first kappa shape index (κ1) is 16.7. The zero-order valence-electron chi connectivity index (χ0n) is 12.6. The van der Waals surface area contributed by atoms with Crippen LogP contribution in [0.15, 0.2) is 18.3 Å². The highest BCUT2D eigenvalue weighted by Gasteiger charge is 2.19. The van der Waals surface area contributed by atoms with Crippen molar-refractivity contribution in [1.29, 1.82) is 0 Å². The van der Waals surface area contributed by atoms with Gasteiger partial charge in [0, 0.05) is 32.4 Å². The van der Waals surface area contributed by atoms with E-state index in [4.69, 9.17) is 5.73 Å². The molecule has 2 N–H and O–H groups in total. The maximum absolute atomic E-state index is 12.3. The van der Waals surface area contributed by atoms with Crippen LogP contribution in [0.3, 0.4) is 0 Å². The van der Waals surface area contributed by atoms with Crippen LogP contribution in [-0.2, 0) is 4.79 Å². The second-order valence-electron chi connectivity index (χ2n) is 4.55. The van der Waals surface area contributed by atoms with Crippen molar-refractivity contribution in [2.75, 3.05) is 33.7 Å². The quantitative estimate of drug-likeness (QED) is 0.787. The Morgan fingerprint density at radius 1 is 1.33 bits per heavy atom. The molecule has 1 heterocycles.